The first-order valence-electron chi connectivity index (χ1n) is 12.7. The summed E-state index contributed by atoms with van der Waals surface area (Å²) >= 11 is 0. The van der Waals surface area contributed by atoms with E-state index in [2.05, 4.69) is 5.10 Å². The van der Waals surface area contributed by atoms with Gasteiger partial charge in [-0.05, 0) is 26.7 Å². The molecule has 0 unspecified atom stereocenters. The molecule has 1 aliphatic rings. The van der Waals surface area contributed by atoms with Crippen LogP contribution in [0.4, 0.5) is 0 Å². The maximum Gasteiger partial charge on any atom is 0.306 e. The Labute approximate surface area is 218 Å². The Balaban J connectivity index is 1.88. The SMILES string of the molecule is C/C(=C\c1cnn(C)c1)[C@@H](N)C[C@@H]1O[C@]1(C)CCC(=O)[C@H](C)[C@H](O)[C@@H](C)C(=O)C(C)(C)[C@@H](O)CC(=O)O. The van der Waals surface area contributed by atoms with E-state index in [4.69, 9.17) is 15.6 Å². The molecule has 208 valence electrons. The van der Waals surface area contributed by atoms with Crippen molar-refractivity contribution in [2.45, 2.75) is 97.2 Å². The second-order valence-corrected chi connectivity index (χ2v) is 11.3. The van der Waals surface area contributed by atoms with Crippen molar-refractivity contribution < 1.29 is 34.4 Å². The van der Waals surface area contributed by atoms with Crippen molar-refractivity contribution in [3.63, 3.8) is 0 Å². The molecule has 0 saturated carbocycles. The summed E-state index contributed by atoms with van der Waals surface area (Å²) in [6.07, 6.45) is 3.60. The van der Waals surface area contributed by atoms with Crippen LogP contribution in [0.2, 0.25) is 0 Å². The zero-order chi connectivity index (χ0) is 28.3. The quantitative estimate of drug-likeness (QED) is 0.253. The van der Waals surface area contributed by atoms with E-state index in [-0.39, 0.29) is 24.3 Å². The number of aryl methyl sites for hydroxylation is 1. The molecule has 0 spiro atoms. The summed E-state index contributed by atoms with van der Waals surface area (Å²) in [4.78, 5) is 36.7. The Morgan fingerprint density at radius 2 is 1.89 bits per heavy atom. The zero-order valence-corrected chi connectivity index (χ0v) is 23.0. The van der Waals surface area contributed by atoms with E-state index in [0.717, 1.165) is 11.1 Å². The van der Waals surface area contributed by atoms with Gasteiger partial charge in [0.15, 0.2) is 0 Å². The average Bonchev–Trinajstić information content (AvgIpc) is 3.26. The third-order valence-electron chi connectivity index (χ3n) is 7.86. The van der Waals surface area contributed by atoms with Crippen LogP contribution < -0.4 is 5.73 Å². The molecule has 37 heavy (non-hydrogen) atoms. The topological polar surface area (TPSA) is 168 Å². The van der Waals surface area contributed by atoms with Gasteiger partial charge in [-0.2, -0.15) is 5.10 Å². The third kappa shape index (κ3) is 7.80. The van der Waals surface area contributed by atoms with E-state index in [0.29, 0.717) is 12.8 Å². The van der Waals surface area contributed by atoms with Crippen LogP contribution in [0.5, 0.6) is 0 Å². The van der Waals surface area contributed by atoms with Crippen LogP contribution in [-0.2, 0) is 26.2 Å². The summed E-state index contributed by atoms with van der Waals surface area (Å²) in [6.45, 7) is 9.88. The van der Waals surface area contributed by atoms with Gasteiger partial charge in [0.2, 0.25) is 0 Å². The monoisotopic (exact) mass is 521 g/mol. The second kappa shape index (κ2) is 12.0. The average molecular weight is 522 g/mol. The molecule has 7 atom stereocenters. The molecule has 0 radical (unpaired) electrons. The Hall–Kier alpha value is -2.40. The van der Waals surface area contributed by atoms with Crippen LogP contribution in [0, 0.1) is 17.3 Å². The molecule has 0 amide bonds. The molecule has 10 heteroatoms. The molecular formula is C27H43N3O7. The van der Waals surface area contributed by atoms with Crippen molar-refractivity contribution in [3.05, 3.63) is 23.5 Å². The number of ether oxygens (including phenoxy) is 1. The molecule has 0 aromatic carbocycles. The first-order chi connectivity index (χ1) is 17.0. The minimum atomic E-state index is -1.41. The summed E-state index contributed by atoms with van der Waals surface area (Å²) in [7, 11) is 1.85. The normalized spacial score (nSPS) is 24.2. The summed E-state index contributed by atoms with van der Waals surface area (Å²) in [5.74, 6) is -3.66. The van der Waals surface area contributed by atoms with Crippen LogP contribution in [0.1, 0.15) is 72.8 Å². The van der Waals surface area contributed by atoms with Gasteiger partial charge in [0, 0.05) is 43.1 Å². The Morgan fingerprint density at radius 3 is 2.43 bits per heavy atom. The Bertz CT molecular complexity index is 1020. The van der Waals surface area contributed by atoms with Crippen LogP contribution in [-0.4, -0.2) is 72.6 Å². The minimum absolute atomic E-state index is 0.0789. The number of aliphatic hydroxyl groups is 2. The molecule has 1 fully saturated rings. The molecular weight excluding hydrogens is 478 g/mol. The largest absolute Gasteiger partial charge is 0.481 e. The highest BCUT2D eigenvalue weighted by Crippen LogP contribution is 2.43. The number of carbonyl (C=O) groups is 3. The van der Waals surface area contributed by atoms with Crippen LogP contribution in [0.25, 0.3) is 6.08 Å². The van der Waals surface area contributed by atoms with E-state index >= 15 is 0 Å². The number of carboxylic acids is 1. The lowest BCUT2D eigenvalue weighted by molar-refractivity contribution is -0.147. The second-order valence-electron chi connectivity index (χ2n) is 11.3. The van der Waals surface area contributed by atoms with Gasteiger partial charge in [0.05, 0.1) is 41.9 Å². The number of ketones is 2. The van der Waals surface area contributed by atoms with Crippen molar-refractivity contribution in [2.24, 2.45) is 30.0 Å². The van der Waals surface area contributed by atoms with E-state index in [9.17, 15) is 24.6 Å². The lowest BCUT2D eigenvalue weighted by Crippen LogP contribution is -2.46. The van der Waals surface area contributed by atoms with Crippen LogP contribution >= 0.6 is 0 Å². The van der Waals surface area contributed by atoms with Gasteiger partial charge in [0.25, 0.3) is 0 Å². The predicted molar refractivity (Wildman–Crippen MR) is 138 cm³/mol. The smallest absolute Gasteiger partial charge is 0.306 e. The number of carboxylic acid groups (broad SMARTS) is 1. The zero-order valence-electron chi connectivity index (χ0n) is 23.0. The molecule has 2 heterocycles. The standard InChI is InChI=1S/C27H43N3O7/c1-15(10-18-13-29-30(7)14-18)19(28)11-22-27(6,37-22)9-8-20(31)16(2)24(35)17(3)25(36)26(4,5)21(32)12-23(33)34/h10,13-14,16-17,19,21-22,24,32,35H,8-9,11-12,28H2,1-7H3,(H,33,34)/b15-10+/t16-,17+,19-,21-,22-,24-,27+/m0/s1. The van der Waals surface area contributed by atoms with E-state index < -0.39 is 53.2 Å². The van der Waals surface area contributed by atoms with Crippen molar-refractivity contribution in [1.29, 1.82) is 0 Å². The highest BCUT2D eigenvalue weighted by atomic mass is 16.6. The summed E-state index contributed by atoms with van der Waals surface area (Å²) in [6, 6.07) is -0.199. The minimum Gasteiger partial charge on any atom is -0.481 e. The number of aliphatic carboxylic acids is 1. The number of rotatable bonds is 15. The molecule has 10 nitrogen and oxygen atoms in total. The van der Waals surface area contributed by atoms with Crippen LogP contribution in [0.3, 0.4) is 0 Å². The van der Waals surface area contributed by atoms with Crippen LogP contribution in [0.15, 0.2) is 18.0 Å². The van der Waals surface area contributed by atoms with Gasteiger partial charge in [-0.25, -0.2) is 0 Å². The first kappa shape index (κ1) is 30.8. The number of aliphatic hydroxyl groups excluding tert-OH is 2. The Morgan fingerprint density at radius 1 is 1.27 bits per heavy atom. The maximum atomic E-state index is 12.9. The number of epoxide rings is 1. The Kier molecular flexibility index (Phi) is 9.98. The predicted octanol–water partition coefficient (Wildman–Crippen LogP) is 2.11. The molecule has 1 saturated heterocycles. The summed E-state index contributed by atoms with van der Waals surface area (Å²) in [5.41, 5.74) is 6.49. The van der Waals surface area contributed by atoms with Gasteiger partial charge >= 0.3 is 5.97 Å². The molecule has 1 aromatic rings. The van der Waals surface area contributed by atoms with E-state index in [1.165, 1.54) is 20.8 Å². The van der Waals surface area contributed by atoms with Crippen molar-refractivity contribution in [3.8, 4) is 0 Å². The number of aromatic nitrogens is 2. The molecule has 5 N–H and O–H groups in total. The summed E-state index contributed by atoms with van der Waals surface area (Å²) in [5, 5.41) is 34.0. The first-order valence-corrected chi connectivity index (χ1v) is 12.7. The lowest BCUT2D eigenvalue weighted by Gasteiger charge is -2.33. The van der Waals surface area contributed by atoms with Crippen molar-refractivity contribution in [2.75, 3.05) is 0 Å². The van der Waals surface area contributed by atoms with E-state index in [1.807, 2.05) is 33.2 Å². The number of nitrogens with zero attached hydrogens (tertiary/aromatic N) is 2. The number of Topliss-reactive ketones (excluding diaryl/α,β-unsaturated/α-hetero) is 2. The van der Waals surface area contributed by atoms with Gasteiger partial charge < -0.3 is 25.8 Å². The van der Waals surface area contributed by atoms with Gasteiger partial charge in [-0.1, -0.05) is 39.3 Å². The lowest BCUT2D eigenvalue weighted by atomic mass is 9.73. The molecule has 2 rings (SSSR count). The van der Waals surface area contributed by atoms with Gasteiger partial charge in [0.1, 0.15) is 11.6 Å². The molecule has 0 aliphatic carbocycles. The molecule has 1 aromatic heterocycles. The van der Waals surface area contributed by atoms with Crippen molar-refractivity contribution in [1.82, 2.24) is 9.78 Å². The molecule has 0 bridgehead atoms. The van der Waals surface area contributed by atoms with Crippen molar-refractivity contribution >= 4 is 23.6 Å². The fraction of sp³-hybridized carbons (Fsp3) is 0.704. The maximum absolute atomic E-state index is 12.9. The number of carbonyl (C=O) groups excluding carboxylic acids is 2. The third-order valence-corrected chi connectivity index (χ3v) is 7.86. The van der Waals surface area contributed by atoms with Gasteiger partial charge in [-0.15, -0.1) is 0 Å². The summed E-state index contributed by atoms with van der Waals surface area (Å²) < 4.78 is 7.61. The fourth-order valence-corrected chi connectivity index (χ4v) is 4.66. The number of nitrogens with two attached hydrogens (primary N) is 1. The molecule has 1 aliphatic heterocycles. The highest BCUT2D eigenvalue weighted by Gasteiger charge is 2.52. The highest BCUT2D eigenvalue weighted by molar-refractivity contribution is 5.89. The van der Waals surface area contributed by atoms with E-state index in [1.54, 1.807) is 17.8 Å². The fourth-order valence-electron chi connectivity index (χ4n) is 4.66. The number of hydrogen-bond donors (Lipinski definition) is 4. The number of hydrogen-bond acceptors (Lipinski definition) is 8. The van der Waals surface area contributed by atoms with Gasteiger partial charge in [-0.3, -0.25) is 19.1 Å².